The van der Waals surface area contributed by atoms with Crippen molar-refractivity contribution in [3.63, 3.8) is 0 Å². The Morgan fingerprint density at radius 3 is 2.60 bits per heavy atom. The third-order valence-electron chi connectivity index (χ3n) is 2.67. The maximum absolute atomic E-state index is 11.5. The molecule has 0 radical (unpaired) electrons. The molecule has 0 aliphatic carbocycles. The first-order chi connectivity index (χ1) is 6.88. The van der Waals surface area contributed by atoms with Crippen molar-refractivity contribution in [2.45, 2.75) is 46.1 Å². The van der Waals surface area contributed by atoms with E-state index < -0.39 is 0 Å². The van der Waals surface area contributed by atoms with E-state index in [1.54, 1.807) is 0 Å². The van der Waals surface area contributed by atoms with Crippen LogP contribution in [-0.4, -0.2) is 36.0 Å². The molecule has 0 saturated carbocycles. The highest BCUT2D eigenvalue weighted by Gasteiger charge is 2.25. The van der Waals surface area contributed by atoms with Gasteiger partial charge in [0.1, 0.15) is 0 Å². The number of nitrogens with one attached hydrogen (secondary N) is 1. The van der Waals surface area contributed by atoms with Gasteiger partial charge in [-0.15, -0.1) is 0 Å². The van der Waals surface area contributed by atoms with Gasteiger partial charge < -0.3 is 10.2 Å². The van der Waals surface area contributed by atoms with Crippen LogP contribution < -0.4 is 5.32 Å². The van der Waals surface area contributed by atoms with Gasteiger partial charge in [-0.25, -0.2) is 0 Å². The van der Waals surface area contributed by atoms with Gasteiger partial charge in [0.05, 0.1) is 0 Å². The summed E-state index contributed by atoms with van der Waals surface area (Å²) in [7, 11) is 0. The van der Waals surface area contributed by atoms with Gasteiger partial charge >= 0.3 is 0 Å². The zero-order valence-corrected chi connectivity index (χ0v) is 10.5. The molecule has 1 amide bonds. The van der Waals surface area contributed by atoms with Crippen molar-refractivity contribution in [2.24, 2.45) is 5.92 Å². The molecular weight excluding hydrogens is 188 g/mol. The quantitative estimate of drug-likeness (QED) is 0.718. The Labute approximate surface area is 93.2 Å². The third-order valence-corrected chi connectivity index (χ3v) is 2.67. The highest BCUT2D eigenvalue weighted by Crippen LogP contribution is 2.16. The second-order valence-electron chi connectivity index (χ2n) is 5.68. The molecule has 88 valence electrons. The fourth-order valence-corrected chi connectivity index (χ4v) is 1.92. The lowest BCUT2D eigenvalue weighted by Gasteiger charge is -2.22. The van der Waals surface area contributed by atoms with E-state index in [0.717, 1.165) is 32.5 Å². The third kappa shape index (κ3) is 4.65. The van der Waals surface area contributed by atoms with Crippen LogP contribution in [0.5, 0.6) is 0 Å². The average Bonchev–Trinajstić information content (AvgIpc) is 2.37. The predicted octanol–water partition coefficient (Wildman–Crippen LogP) is 1.63. The fourth-order valence-electron chi connectivity index (χ4n) is 1.92. The maximum Gasteiger partial charge on any atom is 0.222 e. The van der Waals surface area contributed by atoms with Crippen LogP contribution in [0.15, 0.2) is 0 Å². The number of carbonyl (C=O) groups is 1. The standard InChI is InChI=1S/C12H24N2O/c1-10-8-11(15)14(9-10)7-5-6-13-12(2,3)4/h10,13H,5-9H2,1-4H3. The molecule has 1 N–H and O–H groups in total. The van der Waals surface area contributed by atoms with Crippen LogP contribution in [0.3, 0.4) is 0 Å². The minimum atomic E-state index is 0.183. The highest BCUT2D eigenvalue weighted by atomic mass is 16.2. The summed E-state index contributed by atoms with van der Waals surface area (Å²) in [5.74, 6) is 0.881. The lowest BCUT2D eigenvalue weighted by Crippen LogP contribution is -2.38. The highest BCUT2D eigenvalue weighted by molar-refractivity contribution is 5.78. The molecule has 1 rings (SSSR count). The molecule has 1 aliphatic heterocycles. The van der Waals surface area contributed by atoms with E-state index in [-0.39, 0.29) is 5.54 Å². The van der Waals surface area contributed by atoms with Crippen molar-refractivity contribution < 1.29 is 4.79 Å². The van der Waals surface area contributed by atoms with E-state index in [1.165, 1.54) is 0 Å². The topological polar surface area (TPSA) is 32.3 Å². The van der Waals surface area contributed by atoms with Crippen molar-refractivity contribution in [1.29, 1.82) is 0 Å². The van der Waals surface area contributed by atoms with E-state index in [4.69, 9.17) is 0 Å². The molecule has 0 spiro atoms. The van der Waals surface area contributed by atoms with Crippen molar-refractivity contribution in [3.05, 3.63) is 0 Å². The summed E-state index contributed by atoms with van der Waals surface area (Å²) in [6, 6.07) is 0. The smallest absolute Gasteiger partial charge is 0.222 e. The summed E-state index contributed by atoms with van der Waals surface area (Å²) < 4.78 is 0. The first-order valence-electron chi connectivity index (χ1n) is 5.91. The van der Waals surface area contributed by atoms with E-state index in [2.05, 4.69) is 33.0 Å². The molecule has 1 atom stereocenters. The van der Waals surface area contributed by atoms with Gasteiger partial charge in [0.15, 0.2) is 0 Å². The molecule has 1 saturated heterocycles. The molecule has 0 aromatic carbocycles. The molecule has 15 heavy (non-hydrogen) atoms. The Morgan fingerprint density at radius 1 is 1.47 bits per heavy atom. The van der Waals surface area contributed by atoms with E-state index in [0.29, 0.717) is 11.8 Å². The normalized spacial score (nSPS) is 22.5. The SMILES string of the molecule is CC1CC(=O)N(CCCNC(C)(C)C)C1. The summed E-state index contributed by atoms with van der Waals surface area (Å²) in [5.41, 5.74) is 0.183. The van der Waals surface area contributed by atoms with E-state index >= 15 is 0 Å². The molecule has 1 aliphatic rings. The minimum absolute atomic E-state index is 0.183. The van der Waals surface area contributed by atoms with Crippen LogP contribution in [0.2, 0.25) is 0 Å². The first-order valence-corrected chi connectivity index (χ1v) is 5.91. The van der Waals surface area contributed by atoms with Crippen LogP contribution >= 0.6 is 0 Å². The van der Waals surface area contributed by atoms with Gasteiger partial charge in [0.2, 0.25) is 5.91 Å². The number of likely N-dealkylation sites (tertiary alicyclic amines) is 1. The Balaban J connectivity index is 2.13. The molecule has 0 bridgehead atoms. The Hall–Kier alpha value is -0.570. The van der Waals surface area contributed by atoms with Gasteiger partial charge in [-0.1, -0.05) is 6.92 Å². The van der Waals surface area contributed by atoms with Gasteiger partial charge in [-0.3, -0.25) is 4.79 Å². The monoisotopic (exact) mass is 212 g/mol. The molecule has 1 heterocycles. The second-order valence-corrected chi connectivity index (χ2v) is 5.68. The lowest BCUT2D eigenvalue weighted by molar-refractivity contribution is -0.127. The maximum atomic E-state index is 11.5. The first kappa shape index (κ1) is 12.5. The zero-order chi connectivity index (χ0) is 11.5. The van der Waals surface area contributed by atoms with Gasteiger partial charge in [0.25, 0.3) is 0 Å². The fraction of sp³-hybridized carbons (Fsp3) is 0.917. The number of carbonyl (C=O) groups excluding carboxylic acids is 1. The summed E-state index contributed by atoms with van der Waals surface area (Å²) in [4.78, 5) is 13.5. The summed E-state index contributed by atoms with van der Waals surface area (Å²) in [5, 5.41) is 3.43. The van der Waals surface area contributed by atoms with Crippen molar-refractivity contribution in [2.75, 3.05) is 19.6 Å². The van der Waals surface area contributed by atoms with Crippen molar-refractivity contribution >= 4 is 5.91 Å². The average molecular weight is 212 g/mol. The summed E-state index contributed by atoms with van der Waals surface area (Å²) in [6.07, 6.45) is 1.79. The van der Waals surface area contributed by atoms with Crippen LogP contribution in [0.25, 0.3) is 0 Å². The number of hydrogen-bond donors (Lipinski definition) is 1. The summed E-state index contributed by atoms with van der Waals surface area (Å²) >= 11 is 0. The van der Waals surface area contributed by atoms with Gasteiger partial charge in [-0.05, 0) is 39.7 Å². The largest absolute Gasteiger partial charge is 0.342 e. The van der Waals surface area contributed by atoms with Crippen molar-refractivity contribution in [3.8, 4) is 0 Å². The minimum Gasteiger partial charge on any atom is -0.342 e. The number of hydrogen-bond acceptors (Lipinski definition) is 2. The molecule has 0 aromatic heterocycles. The molecular formula is C12H24N2O. The number of amides is 1. The number of nitrogens with zero attached hydrogens (tertiary/aromatic N) is 1. The zero-order valence-electron chi connectivity index (χ0n) is 10.5. The van der Waals surface area contributed by atoms with E-state index in [9.17, 15) is 4.79 Å². The lowest BCUT2D eigenvalue weighted by atomic mass is 10.1. The van der Waals surface area contributed by atoms with Gasteiger partial charge in [0, 0.05) is 25.0 Å². The van der Waals surface area contributed by atoms with E-state index in [1.807, 2.05) is 4.90 Å². The Bertz CT molecular complexity index is 220. The van der Waals surface area contributed by atoms with Crippen LogP contribution in [0.1, 0.15) is 40.5 Å². The van der Waals surface area contributed by atoms with Crippen molar-refractivity contribution in [1.82, 2.24) is 10.2 Å². The second kappa shape index (κ2) is 4.97. The molecule has 0 aromatic rings. The van der Waals surface area contributed by atoms with Crippen LogP contribution in [0, 0.1) is 5.92 Å². The predicted molar refractivity (Wildman–Crippen MR) is 62.7 cm³/mol. The summed E-state index contributed by atoms with van der Waals surface area (Å²) in [6.45, 7) is 11.5. The number of rotatable bonds is 4. The molecule has 1 unspecified atom stereocenters. The molecule has 3 heteroatoms. The van der Waals surface area contributed by atoms with Crippen LogP contribution in [0.4, 0.5) is 0 Å². The molecule has 3 nitrogen and oxygen atoms in total. The Kier molecular flexibility index (Phi) is 4.14. The van der Waals surface area contributed by atoms with Gasteiger partial charge in [-0.2, -0.15) is 0 Å². The molecule has 1 fully saturated rings. The Morgan fingerprint density at radius 2 is 2.13 bits per heavy atom. The van der Waals surface area contributed by atoms with Crippen LogP contribution in [-0.2, 0) is 4.79 Å².